The Bertz CT molecular complexity index is 896. The summed E-state index contributed by atoms with van der Waals surface area (Å²) >= 11 is 0. The third kappa shape index (κ3) is 2.11. The van der Waals surface area contributed by atoms with E-state index in [1.165, 1.54) is 10.8 Å². The van der Waals surface area contributed by atoms with Crippen LogP contribution in [0.5, 0.6) is 0 Å². The van der Waals surface area contributed by atoms with Crippen molar-refractivity contribution in [2.75, 3.05) is 0 Å². The van der Waals surface area contributed by atoms with Gasteiger partial charge in [0.05, 0.1) is 12.2 Å². The topological polar surface area (TPSA) is 78.0 Å². The second-order valence-electron chi connectivity index (χ2n) is 4.39. The molecule has 0 aliphatic rings. The van der Waals surface area contributed by atoms with E-state index in [-0.39, 0.29) is 11.9 Å². The first kappa shape index (κ1) is 12.3. The van der Waals surface area contributed by atoms with Gasteiger partial charge in [-0.15, -0.1) is 0 Å². The van der Waals surface area contributed by atoms with Gasteiger partial charge in [-0.1, -0.05) is 6.07 Å². The number of hydrogen-bond acceptors (Lipinski definition) is 5. The van der Waals surface area contributed by atoms with Gasteiger partial charge < -0.3 is 4.42 Å². The van der Waals surface area contributed by atoms with Crippen LogP contribution in [0.3, 0.4) is 0 Å². The Morgan fingerprint density at radius 3 is 2.85 bits per heavy atom. The van der Waals surface area contributed by atoms with Crippen molar-refractivity contribution in [3.05, 3.63) is 68.9 Å². The van der Waals surface area contributed by atoms with Gasteiger partial charge in [0.1, 0.15) is 5.39 Å². The van der Waals surface area contributed by atoms with E-state index in [1.807, 2.05) is 19.1 Å². The quantitative estimate of drug-likeness (QED) is 0.696. The van der Waals surface area contributed by atoms with Gasteiger partial charge in [0.2, 0.25) is 0 Å². The molecule has 0 N–H and O–H groups in total. The van der Waals surface area contributed by atoms with Gasteiger partial charge in [-0.25, -0.2) is 14.6 Å². The van der Waals surface area contributed by atoms with Crippen molar-refractivity contribution >= 4 is 11.0 Å². The maximum atomic E-state index is 11.9. The summed E-state index contributed by atoms with van der Waals surface area (Å²) in [7, 11) is 0. The molecule has 0 unspecified atom stereocenters. The minimum atomic E-state index is -0.732. The molecule has 100 valence electrons. The average molecular weight is 269 g/mol. The predicted octanol–water partition coefficient (Wildman–Crippen LogP) is 1.10. The van der Waals surface area contributed by atoms with E-state index in [9.17, 15) is 9.59 Å². The number of fused-ring (bicyclic) bond motifs is 1. The molecule has 6 heteroatoms. The Hall–Kier alpha value is -2.76. The first-order chi connectivity index (χ1) is 9.65. The van der Waals surface area contributed by atoms with Crippen LogP contribution < -0.4 is 11.4 Å². The third-order valence-corrected chi connectivity index (χ3v) is 2.93. The van der Waals surface area contributed by atoms with Crippen molar-refractivity contribution in [2.24, 2.45) is 0 Å². The van der Waals surface area contributed by atoms with Gasteiger partial charge in [0.25, 0.3) is 0 Å². The van der Waals surface area contributed by atoms with Gasteiger partial charge in [0.15, 0.2) is 5.65 Å². The number of aromatic nitrogens is 3. The molecule has 0 aliphatic heterocycles. The fraction of sp³-hybridized carbons (Fsp3) is 0.143. The maximum absolute atomic E-state index is 11.9. The van der Waals surface area contributed by atoms with Crippen LogP contribution in [-0.4, -0.2) is 14.5 Å². The summed E-state index contributed by atoms with van der Waals surface area (Å²) in [6.07, 6.45) is 1.53. The van der Waals surface area contributed by atoms with Crippen molar-refractivity contribution in [1.82, 2.24) is 14.5 Å². The molecule has 3 aromatic rings. The molecule has 3 heterocycles. The van der Waals surface area contributed by atoms with E-state index in [0.29, 0.717) is 11.3 Å². The Labute approximate surface area is 113 Å². The Morgan fingerprint density at radius 1 is 1.20 bits per heavy atom. The van der Waals surface area contributed by atoms with Crippen LogP contribution in [0.25, 0.3) is 11.0 Å². The van der Waals surface area contributed by atoms with Crippen LogP contribution >= 0.6 is 0 Å². The summed E-state index contributed by atoms with van der Waals surface area (Å²) in [6, 6.07) is 8.73. The van der Waals surface area contributed by atoms with Crippen molar-refractivity contribution in [3.8, 4) is 0 Å². The molecule has 20 heavy (non-hydrogen) atoms. The first-order valence-corrected chi connectivity index (χ1v) is 6.06. The lowest BCUT2D eigenvalue weighted by Crippen LogP contribution is -2.26. The van der Waals surface area contributed by atoms with Crippen molar-refractivity contribution in [3.63, 3.8) is 0 Å². The molecule has 0 bridgehead atoms. The molecule has 0 aromatic carbocycles. The van der Waals surface area contributed by atoms with Crippen molar-refractivity contribution in [2.45, 2.75) is 13.5 Å². The molecule has 0 saturated carbocycles. The molecule has 0 saturated heterocycles. The van der Waals surface area contributed by atoms with E-state index in [1.54, 1.807) is 18.2 Å². The molecule has 3 aromatic heterocycles. The monoisotopic (exact) mass is 269 g/mol. The fourth-order valence-electron chi connectivity index (χ4n) is 2.04. The van der Waals surface area contributed by atoms with Gasteiger partial charge >= 0.3 is 11.4 Å². The second-order valence-corrected chi connectivity index (χ2v) is 4.39. The lowest BCUT2D eigenvalue weighted by molar-refractivity contribution is 0.422. The maximum Gasteiger partial charge on any atom is 0.423 e. The number of rotatable bonds is 2. The minimum absolute atomic E-state index is 0.206. The van der Waals surface area contributed by atoms with Crippen LogP contribution in [0, 0.1) is 6.92 Å². The number of nitrogens with zero attached hydrogens (tertiary/aromatic N) is 3. The highest BCUT2D eigenvalue weighted by Gasteiger charge is 2.10. The van der Waals surface area contributed by atoms with Gasteiger partial charge in [-0.2, -0.15) is 0 Å². The predicted molar refractivity (Wildman–Crippen MR) is 72.6 cm³/mol. The zero-order valence-electron chi connectivity index (χ0n) is 10.7. The Morgan fingerprint density at radius 2 is 2.05 bits per heavy atom. The standard InChI is InChI=1S/C14H11N3O3/c1-9-4-2-5-10(16-9)8-17-12-11(6-3-7-15-12)13(18)20-14(17)19/h2-7H,8H2,1H3. The normalized spacial score (nSPS) is 10.8. The molecule has 0 fully saturated rings. The van der Waals surface area contributed by atoms with Crippen LogP contribution in [0.2, 0.25) is 0 Å². The molecule has 0 radical (unpaired) electrons. The summed E-state index contributed by atoms with van der Waals surface area (Å²) in [5, 5.41) is 0.278. The Kier molecular flexibility index (Phi) is 2.90. The largest absolute Gasteiger partial charge is 0.423 e. The minimum Gasteiger partial charge on any atom is -0.372 e. The lowest BCUT2D eigenvalue weighted by atomic mass is 10.3. The number of aryl methyl sites for hydroxylation is 1. The smallest absolute Gasteiger partial charge is 0.372 e. The summed E-state index contributed by atoms with van der Waals surface area (Å²) < 4.78 is 6.01. The number of pyridine rings is 2. The van der Waals surface area contributed by atoms with Crippen molar-refractivity contribution < 1.29 is 4.42 Å². The van der Waals surface area contributed by atoms with E-state index in [2.05, 4.69) is 9.97 Å². The van der Waals surface area contributed by atoms with Crippen LogP contribution in [0.15, 0.2) is 50.5 Å². The first-order valence-electron chi connectivity index (χ1n) is 6.06. The highest BCUT2D eigenvalue weighted by Crippen LogP contribution is 2.06. The van der Waals surface area contributed by atoms with Crippen LogP contribution in [-0.2, 0) is 6.54 Å². The summed E-state index contributed by atoms with van der Waals surface area (Å²) in [5.41, 5.74) is 1.18. The van der Waals surface area contributed by atoms with Crippen molar-refractivity contribution in [1.29, 1.82) is 0 Å². The third-order valence-electron chi connectivity index (χ3n) is 2.93. The molecular weight excluding hydrogens is 258 g/mol. The van der Waals surface area contributed by atoms with Gasteiger partial charge in [-0.3, -0.25) is 9.55 Å². The fourth-order valence-corrected chi connectivity index (χ4v) is 2.04. The second kappa shape index (κ2) is 4.73. The highest BCUT2D eigenvalue weighted by molar-refractivity contribution is 5.72. The van der Waals surface area contributed by atoms with E-state index in [0.717, 1.165) is 5.69 Å². The molecule has 0 amide bonds. The van der Waals surface area contributed by atoms with E-state index >= 15 is 0 Å². The molecule has 0 spiro atoms. The average Bonchev–Trinajstić information content (AvgIpc) is 2.43. The summed E-state index contributed by atoms with van der Waals surface area (Å²) in [4.78, 5) is 31.9. The lowest BCUT2D eigenvalue weighted by Gasteiger charge is -2.07. The number of hydrogen-bond donors (Lipinski definition) is 0. The van der Waals surface area contributed by atoms with Gasteiger partial charge in [0, 0.05) is 11.9 Å². The van der Waals surface area contributed by atoms with E-state index < -0.39 is 11.4 Å². The highest BCUT2D eigenvalue weighted by atomic mass is 16.4. The van der Waals surface area contributed by atoms with Gasteiger partial charge in [-0.05, 0) is 31.2 Å². The summed E-state index contributed by atoms with van der Waals surface area (Å²) in [6.45, 7) is 2.07. The molecule has 3 rings (SSSR count). The summed E-state index contributed by atoms with van der Waals surface area (Å²) in [5.74, 6) is -0.732. The molecular formula is C14H11N3O3. The zero-order valence-corrected chi connectivity index (χ0v) is 10.7. The van der Waals surface area contributed by atoms with Crippen LogP contribution in [0.4, 0.5) is 0 Å². The zero-order chi connectivity index (χ0) is 14.1. The molecule has 6 nitrogen and oxygen atoms in total. The molecule has 0 aliphatic carbocycles. The Balaban J connectivity index is 2.21. The van der Waals surface area contributed by atoms with Crippen LogP contribution in [0.1, 0.15) is 11.4 Å². The van der Waals surface area contributed by atoms with E-state index in [4.69, 9.17) is 4.42 Å². The molecule has 0 atom stereocenters. The SMILES string of the molecule is Cc1cccc(Cn2c(=O)oc(=O)c3cccnc32)n1.